The number of benzene rings is 2. The van der Waals surface area contributed by atoms with Crippen LogP contribution >= 0.6 is 15.9 Å². The maximum atomic E-state index is 13.5. The fourth-order valence-electron chi connectivity index (χ4n) is 2.30. The maximum Gasteiger partial charge on any atom is 0.129 e. The first-order valence-electron chi connectivity index (χ1n) is 6.40. The average molecular weight is 346 g/mol. The highest BCUT2D eigenvalue weighted by Gasteiger charge is 2.17. The Balaban J connectivity index is 2.25. The van der Waals surface area contributed by atoms with Gasteiger partial charge in [-0.1, -0.05) is 40.2 Å². The van der Waals surface area contributed by atoms with Crippen LogP contribution in [-0.2, 0) is 7.05 Å². The number of nitrogens with zero attached hydrogens (tertiary/aromatic N) is 2. The van der Waals surface area contributed by atoms with Gasteiger partial charge in [-0.2, -0.15) is 5.10 Å². The first kappa shape index (κ1) is 13.8. The first-order chi connectivity index (χ1) is 10.1. The SMILES string of the molecule is Cn1nc(-c2cccc(F)c2)c(-c2cccc(Br)c2)c1N. The van der Waals surface area contributed by atoms with Crippen molar-refractivity contribution >= 4 is 21.7 Å². The summed E-state index contributed by atoms with van der Waals surface area (Å²) >= 11 is 3.46. The van der Waals surface area contributed by atoms with Gasteiger partial charge in [-0.05, 0) is 29.8 Å². The van der Waals surface area contributed by atoms with Crippen molar-refractivity contribution in [2.24, 2.45) is 7.05 Å². The number of nitrogens with two attached hydrogens (primary N) is 1. The third kappa shape index (κ3) is 2.56. The molecule has 0 aliphatic heterocycles. The van der Waals surface area contributed by atoms with Gasteiger partial charge in [0.25, 0.3) is 0 Å². The molecule has 0 radical (unpaired) electrons. The van der Waals surface area contributed by atoms with Gasteiger partial charge in [-0.15, -0.1) is 0 Å². The minimum absolute atomic E-state index is 0.295. The summed E-state index contributed by atoms with van der Waals surface area (Å²) in [4.78, 5) is 0. The second kappa shape index (κ2) is 5.33. The van der Waals surface area contributed by atoms with Crippen molar-refractivity contribution in [2.75, 3.05) is 5.73 Å². The van der Waals surface area contributed by atoms with Crippen LogP contribution in [0.1, 0.15) is 0 Å². The number of rotatable bonds is 2. The molecule has 0 bridgehead atoms. The Morgan fingerprint density at radius 2 is 1.81 bits per heavy atom. The predicted octanol–water partition coefficient (Wildman–Crippen LogP) is 4.24. The number of nitrogen functional groups attached to an aromatic ring is 1. The molecule has 1 aromatic heterocycles. The number of hydrogen-bond donors (Lipinski definition) is 1. The van der Waals surface area contributed by atoms with Crippen LogP contribution in [0.15, 0.2) is 53.0 Å². The first-order valence-corrected chi connectivity index (χ1v) is 7.20. The monoisotopic (exact) mass is 345 g/mol. The van der Waals surface area contributed by atoms with E-state index in [9.17, 15) is 4.39 Å². The summed E-state index contributed by atoms with van der Waals surface area (Å²) in [6.07, 6.45) is 0. The number of hydrogen-bond acceptors (Lipinski definition) is 2. The fraction of sp³-hybridized carbons (Fsp3) is 0.0625. The zero-order valence-electron chi connectivity index (χ0n) is 11.3. The van der Waals surface area contributed by atoms with Gasteiger partial charge in [0.2, 0.25) is 0 Å². The average Bonchev–Trinajstić information content (AvgIpc) is 2.75. The predicted molar refractivity (Wildman–Crippen MR) is 86.2 cm³/mol. The van der Waals surface area contributed by atoms with Crippen LogP contribution in [-0.4, -0.2) is 9.78 Å². The Hall–Kier alpha value is -2.14. The van der Waals surface area contributed by atoms with Crippen LogP contribution in [0.5, 0.6) is 0 Å². The molecule has 2 aromatic carbocycles. The van der Waals surface area contributed by atoms with Crippen molar-refractivity contribution in [3.63, 3.8) is 0 Å². The van der Waals surface area contributed by atoms with Crippen molar-refractivity contribution in [3.05, 3.63) is 58.8 Å². The van der Waals surface area contributed by atoms with Gasteiger partial charge in [0, 0.05) is 17.1 Å². The van der Waals surface area contributed by atoms with Crippen molar-refractivity contribution in [1.82, 2.24) is 9.78 Å². The van der Waals surface area contributed by atoms with E-state index >= 15 is 0 Å². The molecule has 5 heteroatoms. The lowest BCUT2D eigenvalue weighted by Crippen LogP contribution is -1.97. The van der Waals surface area contributed by atoms with E-state index in [4.69, 9.17) is 5.73 Å². The van der Waals surface area contributed by atoms with Crippen LogP contribution in [0.4, 0.5) is 10.2 Å². The second-order valence-corrected chi connectivity index (χ2v) is 5.67. The van der Waals surface area contributed by atoms with Crippen LogP contribution < -0.4 is 5.73 Å². The largest absolute Gasteiger partial charge is 0.383 e. The molecule has 0 saturated heterocycles. The molecule has 21 heavy (non-hydrogen) atoms. The van der Waals surface area contributed by atoms with Crippen LogP contribution in [0, 0.1) is 5.82 Å². The Morgan fingerprint density at radius 3 is 2.52 bits per heavy atom. The second-order valence-electron chi connectivity index (χ2n) is 4.75. The molecule has 0 aliphatic carbocycles. The Labute approximate surface area is 130 Å². The fourth-order valence-corrected chi connectivity index (χ4v) is 2.70. The Morgan fingerprint density at radius 1 is 1.10 bits per heavy atom. The smallest absolute Gasteiger partial charge is 0.129 e. The minimum atomic E-state index is -0.295. The molecule has 106 valence electrons. The zero-order valence-corrected chi connectivity index (χ0v) is 12.9. The summed E-state index contributed by atoms with van der Waals surface area (Å²) < 4.78 is 16.0. The summed E-state index contributed by atoms with van der Waals surface area (Å²) in [5, 5.41) is 4.44. The van der Waals surface area contributed by atoms with Gasteiger partial charge in [0.15, 0.2) is 0 Å². The van der Waals surface area contributed by atoms with E-state index in [2.05, 4.69) is 21.0 Å². The van der Waals surface area contributed by atoms with Gasteiger partial charge in [0.1, 0.15) is 17.3 Å². The summed E-state index contributed by atoms with van der Waals surface area (Å²) in [6.45, 7) is 0. The standard InChI is InChI=1S/C16H13BrFN3/c1-21-16(19)14(10-4-2-6-12(17)8-10)15(20-21)11-5-3-7-13(18)9-11/h2-9H,19H2,1H3. The van der Waals surface area contributed by atoms with Crippen LogP contribution in [0.3, 0.4) is 0 Å². The van der Waals surface area contributed by atoms with E-state index in [1.807, 2.05) is 30.3 Å². The van der Waals surface area contributed by atoms with Gasteiger partial charge in [-0.3, -0.25) is 4.68 Å². The number of anilines is 1. The van der Waals surface area contributed by atoms with Crippen molar-refractivity contribution in [1.29, 1.82) is 0 Å². The summed E-state index contributed by atoms with van der Waals surface area (Å²) in [6, 6.07) is 14.2. The third-order valence-electron chi connectivity index (χ3n) is 3.30. The highest BCUT2D eigenvalue weighted by Crippen LogP contribution is 2.36. The molecular formula is C16H13BrFN3. The quantitative estimate of drug-likeness (QED) is 0.754. The lowest BCUT2D eigenvalue weighted by molar-refractivity contribution is 0.628. The van der Waals surface area contributed by atoms with E-state index in [-0.39, 0.29) is 5.82 Å². The van der Waals surface area contributed by atoms with E-state index in [1.165, 1.54) is 12.1 Å². The normalized spacial score (nSPS) is 10.8. The third-order valence-corrected chi connectivity index (χ3v) is 3.80. The number of aryl methyl sites for hydroxylation is 1. The van der Waals surface area contributed by atoms with Gasteiger partial charge in [-0.25, -0.2) is 4.39 Å². The van der Waals surface area contributed by atoms with Crippen molar-refractivity contribution < 1.29 is 4.39 Å². The van der Waals surface area contributed by atoms with Gasteiger partial charge in [0.05, 0.1) is 5.56 Å². The van der Waals surface area contributed by atoms with Gasteiger partial charge >= 0.3 is 0 Å². The molecule has 0 unspecified atom stereocenters. The van der Waals surface area contributed by atoms with E-state index in [0.29, 0.717) is 17.1 Å². The minimum Gasteiger partial charge on any atom is -0.383 e. The Bertz CT molecular complexity index is 811. The molecule has 1 heterocycles. The maximum absolute atomic E-state index is 13.5. The van der Waals surface area contributed by atoms with Crippen LogP contribution in [0.2, 0.25) is 0 Å². The zero-order chi connectivity index (χ0) is 15.0. The lowest BCUT2D eigenvalue weighted by Gasteiger charge is -2.05. The van der Waals surface area contributed by atoms with E-state index in [1.54, 1.807) is 17.8 Å². The topological polar surface area (TPSA) is 43.8 Å². The molecule has 2 N–H and O–H groups in total. The molecule has 3 rings (SSSR count). The molecule has 0 atom stereocenters. The molecule has 0 aliphatic rings. The summed E-state index contributed by atoms with van der Waals surface area (Å²) in [5.74, 6) is 0.254. The van der Waals surface area contributed by atoms with Crippen LogP contribution in [0.25, 0.3) is 22.4 Å². The van der Waals surface area contributed by atoms with E-state index in [0.717, 1.165) is 15.6 Å². The van der Waals surface area contributed by atoms with Crippen molar-refractivity contribution in [3.8, 4) is 22.4 Å². The molecule has 0 saturated carbocycles. The highest BCUT2D eigenvalue weighted by molar-refractivity contribution is 9.10. The summed E-state index contributed by atoms with van der Waals surface area (Å²) in [7, 11) is 1.78. The highest BCUT2D eigenvalue weighted by atomic mass is 79.9. The van der Waals surface area contributed by atoms with E-state index < -0.39 is 0 Å². The number of halogens is 2. The number of aromatic nitrogens is 2. The van der Waals surface area contributed by atoms with Gasteiger partial charge < -0.3 is 5.73 Å². The molecule has 3 nitrogen and oxygen atoms in total. The molecular weight excluding hydrogens is 333 g/mol. The molecule has 3 aromatic rings. The molecule has 0 amide bonds. The van der Waals surface area contributed by atoms with Crippen molar-refractivity contribution in [2.45, 2.75) is 0 Å². The summed E-state index contributed by atoms with van der Waals surface area (Å²) in [5.41, 5.74) is 9.28. The molecule has 0 spiro atoms. The lowest BCUT2D eigenvalue weighted by atomic mass is 10.0. The molecule has 0 fully saturated rings. The Kier molecular flexibility index (Phi) is 3.51.